The van der Waals surface area contributed by atoms with E-state index in [4.69, 9.17) is 0 Å². The van der Waals surface area contributed by atoms with Gasteiger partial charge in [-0.15, -0.1) is 10.2 Å². The summed E-state index contributed by atoms with van der Waals surface area (Å²) >= 11 is 0. The first kappa shape index (κ1) is 17.2. The fourth-order valence-corrected chi connectivity index (χ4v) is 3.51. The Morgan fingerprint density at radius 2 is 2.22 bits per heavy atom. The van der Waals surface area contributed by atoms with E-state index in [9.17, 15) is 9.59 Å². The summed E-state index contributed by atoms with van der Waals surface area (Å²) in [6.45, 7) is 1.90. The smallest absolute Gasteiger partial charge is 0.255 e. The highest BCUT2D eigenvalue weighted by molar-refractivity contribution is 5.93. The summed E-state index contributed by atoms with van der Waals surface area (Å²) in [6, 6.07) is 2.94. The van der Waals surface area contributed by atoms with Crippen molar-refractivity contribution < 1.29 is 4.79 Å². The molecule has 1 aliphatic heterocycles. The van der Waals surface area contributed by atoms with Gasteiger partial charge in [0.2, 0.25) is 5.56 Å². The van der Waals surface area contributed by atoms with Crippen LogP contribution in [0.1, 0.15) is 40.8 Å². The molecular weight excluding hydrogens is 346 g/mol. The fraction of sp³-hybridized carbons (Fsp3) is 0.389. The van der Waals surface area contributed by atoms with Crippen molar-refractivity contribution in [1.29, 1.82) is 0 Å². The van der Waals surface area contributed by atoms with E-state index in [1.807, 2.05) is 27.3 Å². The van der Waals surface area contributed by atoms with E-state index in [-0.39, 0.29) is 17.4 Å². The molecule has 4 rings (SSSR count). The molecule has 9 heteroatoms. The number of amides is 1. The van der Waals surface area contributed by atoms with E-state index in [1.165, 1.54) is 12.3 Å². The Morgan fingerprint density at radius 3 is 2.96 bits per heavy atom. The quantitative estimate of drug-likeness (QED) is 0.734. The molecule has 1 saturated heterocycles. The molecule has 140 valence electrons. The molecule has 27 heavy (non-hydrogen) atoms. The lowest BCUT2D eigenvalue weighted by molar-refractivity contribution is 0.0703. The van der Waals surface area contributed by atoms with Gasteiger partial charge in [0.25, 0.3) is 5.91 Å². The van der Waals surface area contributed by atoms with Crippen LogP contribution in [0.4, 0.5) is 0 Å². The molecule has 0 spiro atoms. The lowest BCUT2D eigenvalue weighted by atomic mass is 9.96. The van der Waals surface area contributed by atoms with E-state index in [0.29, 0.717) is 25.2 Å². The summed E-state index contributed by atoms with van der Waals surface area (Å²) in [5.74, 6) is 1.81. The van der Waals surface area contributed by atoms with Gasteiger partial charge in [-0.1, -0.05) is 0 Å². The van der Waals surface area contributed by atoms with Crippen molar-refractivity contribution in [3.63, 3.8) is 0 Å². The Hall–Kier alpha value is -3.23. The van der Waals surface area contributed by atoms with Gasteiger partial charge in [-0.25, -0.2) is 4.98 Å². The Morgan fingerprint density at radius 1 is 1.33 bits per heavy atom. The number of piperidine rings is 1. The third kappa shape index (κ3) is 3.53. The number of rotatable bonds is 4. The Balaban J connectivity index is 1.50. The van der Waals surface area contributed by atoms with Gasteiger partial charge >= 0.3 is 0 Å². The van der Waals surface area contributed by atoms with Crippen molar-refractivity contribution in [3.8, 4) is 0 Å². The molecule has 3 aromatic heterocycles. The summed E-state index contributed by atoms with van der Waals surface area (Å²) in [4.78, 5) is 32.4. The lowest BCUT2D eigenvalue weighted by Gasteiger charge is -2.32. The van der Waals surface area contributed by atoms with Crippen molar-refractivity contribution in [2.75, 3.05) is 13.1 Å². The van der Waals surface area contributed by atoms with Crippen molar-refractivity contribution in [1.82, 2.24) is 34.2 Å². The number of hydrogen-bond acceptors (Lipinski definition) is 5. The van der Waals surface area contributed by atoms with Gasteiger partial charge in [0.05, 0.1) is 18.4 Å². The first-order chi connectivity index (χ1) is 13.1. The van der Waals surface area contributed by atoms with E-state index in [2.05, 4.69) is 20.2 Å². The third-order valence-corrected chi connectivity index (χ3v) is 4.99. The first-order valence-electron chi connectivity index (χ1n) is 8.94. The van der Waals surface area contributed by atoms with Gasteiger partial charge in [0, 0.05) is 50.7 Å². The molecular formula is C18H21N7O2. The number of carbonyl (C=O) groups is 1. The van der Waals surface area contributed by atoms with E-state index in [0.717, 1.165) is 24.5 Å². The van der Waals surface area contributed by atoms with Crippen molar-refractivity contribution in [3.05, 3.63) is 64.6 Å². The molecule has 3 aromatic rings. The van der Waals surface area contributed by atoms with Crippen LogP contribution >= 0.6 is 0 Å². The summed E-state index contributed by atoms with van der Waals surface area (Å²) in [7, 11) is 1.96. The zero-order valence-electron chi connectivity index (χ0n) is 15.1. The monoisotopic (exact) mass is 367 g/mol. The SMILES string of the molecule is Cn1c(Cn2ccnc2)nnc1[C@@H]1CCCN(C(=O)c2ccc(=O)[nH]c2)C1. The van der Waals surface area contributed by atoms with Gasteiger partial charge in [0.15, 0.2) is 5.82 Å². The van der Waals surface area contributed by atoms with Crippen LogP contribution in [0, 0.1) is 0 Å². The van der Waals surface area contributed by atoms with Crippen LogP contribution in [0.25, 0.3) is 0 Å². The number of nitrogens with zero attached hydrogens (tertiary/aromatic N) is 6. The second-order valence-corrected chi connectivity index (χ2v) is 6.80. The Labute approximate surface area is 155 Å². The average Bonchev–Trinajstić information content (AvgIpc) is 3.33. The highest BCUT2D eigenvalue weighted by Gasteiger charge is 2.29. The highest BCUT2D eigenvalue weighted by atomic mass is 16.2. The van der Waals surface area contributed by atoms with Gasteiger partial charge in [0.1, 0.15) is 5.82 Å². The maximum absolute atomic E-state index is 12.7. The fourth-order valence-electron chi connectivity index (χ4n) is 3.51. The predicted octanol–water partition coefficient (Wildman–Crippen LogP) is 0.768. The molecule has 0 radical (unpaired) electrons. The second kappa shape index (κ2) is 7.18. The van der Waals surface area contributed by atoms with Crippen LogP contribution in [0.15, 0.2) is 41.8 Å². The molecule has 1 fully saturated rings. The van der Waals surface area contributed by atoms with Crippen LogP contribution in [0.5, 0.6) is 0 Å². The summed E-state index contributed by atoms with van der Waals surface area (Å²) in [5, 5.41) is 8.72. The lowest BCUT2D eigenvalue weighted by Crippen LogP contribution is -2.40. The number of imidazole rings is 1. The number of pyridine rings is 1. The first-order valence-corrected chi connectivity index (χ1v) is 8.94. The topological polar surface area (TPSA) is 102 Å². The molecule has 1 atom stereocenters. The number of hydrogen-bond donors (Lipinski definition) is 1. The minimum atomic E-state index is -0.215. The maximum Gasteiger partial charge on any atom is 0.255 e. The minimum absolute atomic E-state index is 0.0724. The zero-order valence-corrected chi connectivity index (χ0v) is 15.1. The van der Waals surface area contributed by atoms with Gasteiger partial charge in [-0.05, 0) is 18.9 Å². The molecule has 0 aromatic carbocycles. The molecule has 0 unspecified atom stereocenters. The highest BCUT2D eigenvalue weighted by Crippen LogP contribution is 2.26. The average molecular weight is 367 g/mol. The number of aromatic nitrogens is 6. The second-order valence-electron chi connectivity index (χ2n) is 6.80. The van der Waals surface area contributed by atoms with Crippen LogP contribution in [-0.4, -0.2) is 53.2 Å². The number of nitrogens with one attached hydrogen (secondary N) is 1. The Kier molecular flexibility index (Phi) is 4.57. The number of likely N-dealkylation sites (tertiary alicyclic amines) is 1. The Bertz CT molecular complexity index is 969. The van der Waals surface area contributed by atoms with Gasteiger partial charge < -0.3 is 19.0 Å². The summed E-state index contributed by atoms with van der Waals surface area (Å²) in [5.41, 5.74) is 0.279. The normalized spacial score (nSPS) is 17.2. The molecule has 0 saturated carbocycles. The molecule has 0 bridgehead atoms. The largest absolute Gasteiger partial charge is 0.338 e. The molecule has 1 N–H and O–H groups in total. The van der Waals surface area contributed by atoms with Crippen LogP contribution in [-0.2, 0) is 13.6 Å². The third-order valence-electron chi connectivity index (χ3n) is 4.99. The van der Waals surface area contributed by atoms with Crippen molar-refractivity contribution in [2.24, 2.45) is 7.05 Å². The standard InChI is InChI=1S/C18H21N7O2/c1-23-15(11-24-8-6-19-12-24)21-22-17(23)14-3-2-7-25(10-14)18(27)13-4-5-16(26)20-9-13/h4-6,8-9,12,14H,2-3,7,10-11H2,1H3,(H,20,26)/t14-/m1/s1. The molecule has 1 amide bonds. The van der Waals surface area contributed by atoms with Crippen LogP contribution in [0.3, 0.4) is 0 Å². The zero-order chi connectivity index (χ0) is 18.8. The molecule has 1 aliphatic rings. The predicted molar refractivity (Wildman–Crippen MR) is 97.3 cm³/mol. The summed E-state index contributed by atoms with van der Waals surface area (Å²) in [6.07, 6.45) is 8.72. The van der Waals surface area contributed by atoms with E-state index < -0.39 is 0 Å². The number of H-pyrrole nitrogens is 1. The van der Waals surface area contributed by atoms with Crippen LogP contribution in [0.2, 0.25) is 0 Å². The molecule has 9 nitrogen and oxygen atoms in total. The van der Waals surface area contributed by atoms with Gasteiger partial charge in [-0.3, -0.25) is 9.59 Å². The maximum atomic E-state index is 12.7. The minimum Gasteiger partial charge on any atom is -0.338 e. The van der Waals surface area contributed by atoms with Crippen molar-refractivity contribution >= 4 is 5.91 Å². The summed E-state index contributed by atoms with van der Waals surface area (Å²) < 4.78 is 3.96. The van der Waals surface area contributed by atoms with E-state index in [1.54, 1.807) is 18.6 Å². The molecule has 0 aliphatic carbocycles. The number of aromatic amines is 1. The molecule has 4 heterocycles. The van der Waals surface area contributed by atoms with E-state index >= 15 is 0 Å². The van der Waals surface area contributed by atoms with Crippen molar-refractivity contribution in [2.45, 2.75) is 25.3 Å². The van der Waals surface area contributed by atoms with Crippen LogP contribution < -0.4 is 5.56 Å². The van der Waals surface area contributed by atoms with Gasteiger partial charge in [-0.2, -0.15) is 0 Å². The number of carbonyl (C=O) groups excluding carboxylic acids is 1.